The van der Waals surface area contributed by atoms with Crippen molar-refractivity contribution >= 4 is 33.4 Å². The van der Waals surface area contributed by atoms with Crippen molar-refractivity contribution in [3.05, 3.63) is 28.9 Å². The largest absolute Gasteiger partial charge is 0.477 e. The van der Waals surface area contributed by atoms with Gasteiger partial charge in [-0.3, -0.25) is 0 Å². The van der Waals surface area contributed by atoms with Crippen molar-refractivity contribution in [3.63, 3.8) is 0 Å². The maximum Gasteiger partial charge on any atom is 0.355 e. The van der Waals surface area contributed by atoms with Crippen LogP contribution in [0.15, 0.2) is 18.3 Å². The molecule has 0 amide bonds. The third-order valence-electron chi connectivity index (χ3n) is 1.85. The van der Waals surface area contributed by atoms with Crippen LogP contribution >= 0.6 is 11.3 Å². The molecule has 2 aromatic rings. The number of hydrogen-bond donors (Lipinski definition) is 2. The zero-order valence-corrected chi connectivity index (χ0v) is 8.11. The average Bonchev–Trinajstić information content (AvgIpc) is 2.60. The highest BCUT2D eigenvalue weighted by Crippen LogP contribution is 2.27. The molecule has 0 radical (unpaired) electrons. The minimum atomic E-state index is -1.15. The molecule has 0 aliphatic carbocycles. The van der Waals surface area contributed by atoms with Gasteiger partial charge in [0.15, 0.2) is 5.69 Å². The summed E-state index contributed by atoms with van der Waals surface area (Å²) in [6.45, 7) is 0. The van der Waals surface area contributed by atoms with E-state index < -0.39 is 11.9 Å². The summed E-state index contributed by atoms with van der Waals surface area (Å²) in [7, 11) is 0. The molecule has 15 heavy (non-hydrogen) atoms. The molecule has 2 aromatic heterocycles. The quantitative estimate of drug-likeness (QED) is 0.808. The van der Waals surface area contributed by atoms with Crippen molar-refractivity contribution in [1.82, 2.24) is 4.98 Å². The summed E-state index contributed by atoms with van der Waals surface area (Å²) in [5.74, 6) is -2.22. The number of hydrogen-bond acceptors (Lipinski definition) is 4. The number of pyridine rings is 1. The molecule has 5 nitrogen and oxygen atoms in total. The van der Waals surface area contributed by atoms with E-state index in [1.54, 1.807) is 6.07 Å². The Morgan fingerprint density at radius 2 is 2.00 bits per heavy atom. The Bertz CT molecular complexity index is 560. The van der Waals surface area contributed by atoms with Gasteiger partial charge in [0, 0.05) is 6.20 Å². The Labute approximate surface area is 87.6 Å². The molecule has 76 valence electrons. The van der Waals surface area contributed by atoms with E-state index in [1.807, 2.05) is 0 Å². The van der Waals surface area contributed by atoms with Gasteiger partial charge in [0.25, 0.3) is 0 Å². The van der Waals surface area contributed by atoms with E-state index in [-0.39, 0.29) is 10.6 Å². The normalized spacial score (nSPS) is 10.4. The van der Waals surface area contributed by atoms with Crippen molar-refractivity contribution in [1.29, 1.82) is 0 Å². The number of fused-ring (bicyclic) bond motifs is 1. The fraction of sp³-hybridized carbons (Fsp3) is 0. The van der Waals surface area contributed by atoms with E-state index in [4.69, 9.17) is 10.2 Å². The molecule has 2 heterocycles. The van der Waals surface area contributed by atoms with Crippen molar-refractivity contribution in [3.8, 4) is 0 Å². The van der Waals surface area contributed by atoms with Gasteiger partial charge in [-0.1, -0.05) is 0 Å². The molecular formula is C9H5NO4S. The van der Waals surface area contributed by atoms with E-state index in [9.17, 15) is 9.59 Å². The smallest absolute Gasteiger partial charge is 0.355 e. The van der Waals surface area contributed by atoms with Crippen molar-refractivity contribution < 1.29 is 19.8 Å². The number of rotatable bonds is 2. The number of carboxylic acids is 2. The first-order chi connectivity index (χ1) is 7.09. The van der Waals surface area contributed by atoms with Gasteiger partial charge in [0.05, 0.1) is 4.70 Å². The topological polar surface area (TPSA) is 87.5 Å². The molecule has 6 heteroatoms. The minimum absolute atomic E-state index is 0.106. The molecule has 0 unspecified atom stereocenters. The lowest BCUT2D eigenvalue weighted by molar-refractivity contribution is 0.0685. The van der Waals surface area contributed by atoms with Crippen LogP contribution in [0, 0.1) is 0 Å². The first kappa shape index (κ1) is 9.60. The number of nitrogens with zero attached hydrogens (tertiary/aromatic N) is 1. The lowest BCUT2D eigenvalue weighted by atomic mass is 10.2. The van der Waals surface area contributed by atoms with Gasteiger partial charge in [0.2, 0.25) is 0 Å². The van der Waals surface area contributed by atoms with Crippen molar-refractivity contribution in [2.45, 2.75) is 0 Å². The first-order valence-corrected chi connectivity index (χ1v) is 4.76. The molecular weight excluding hydrogens is 218 g/mol. The van der Waals surface area contributed by atoms with Gasteiger partial charge in [-0.05, 0) is 17.5 Å². The molecule has 0 saturated heterocycles. The van der Waals surface area contributed by atoms with E-state index in [0.29, 0.717) is 10.1 Å². The molecule has 0 bridgehead atoms. The van der Waals surface area contributed by atoms with Crippen LogP contribution in [-0.2, 0) is 0 Å². The van der Waals surface area contributed by atoms with Crippen LogP contribution in [0.25, 0.3) is 10.1 Å². The number of carbonyl (C=O) groups is 2. The second kappa shape index (κ2) is 3.32. The van der Waals surface area contributed by atoms with Crippen LogP contribution in [0.5, 0.6) is 0 Å². The Balaban J connectivity index is 2.75. The monoisotopic (exact) mass is 223 g/mol. The molecule has 0 saturated carbocycles. The zero-order chi connectivity index (χ0) is 11.0. The highest BCUT2D eigenvalue weighted by atomic mass is 32.1. The SMILES string of the molecule is O=C(O)c1cc2ccnc(C(=O)O)c2s1. The molecule has 0 aromatic carbocycles. The van der Waals surface area contributed by atoms with E-state index in [1.165, 1.54) is 12.3 Å². The molecule has 0 fully saturated rings. The van der Waals surface area contributed by atoms with Crippen molar-refractivity contribution in [2.24, 2.45) is 0 Å². The molecule has 0 atom stereocenters. The standard InChI is InChI=1S/C9H5NO4S/c11-8(12)5-3-4-1-2-10-6(9(13)14)7(4)15-5/h1-3H,(H,11,12)(H,13,14). The van der Waals surface area contributed by atoms with E-state index in [0.717, 1.165) is 11.3 Å². The highest BCUT2D eigenvalue weighted by molar-refractivity contribution is 7.21. The van der Waals surface area contributed by atoms with Crippen LogP contribution in [0.2, 0.25) is 0 Å². The zero-order valence-electron chi connectivity index (χ0n) is 7.30. The lowest BCUT2D eigenvalue weighted by Crippen LogP contribution is -1.98. The summed E-state index contributed by atoms with van der Waals surface area (Å²) >= 11 is 0.917. The van der Waals surface area contributed by atoms with Crippen LogP contribution in [0.4, 0.5) is 0 Å². The lowest BCUT2D eigenvalue weighted by Gasteiger charge is -1.93. The maximum absolute atomic E-state index is 10.8. The van der Waals surface area contributed by atoms with Gasteiger partial charge in [-0.2, -0.15) is 0 Å². The average molecular weight is 223 g/mol. The number of aromatic carboxylic acids is 2. The summed E-state index contributed by atoms with van der Waals surface area (Å²) < 4.78 is 0.391. The van der Waals surface area contributed by atoms with Gasteiger partial charge >= 0.3 is 11.9 Å². The van der Waals surface area contributed by atoms with Gasteiger partial charge in [0.1, 0.15) is 4.88 Å². The fourth-order valence-corrected chi connectivity index (χ4v) is 2.20. The Morgan fingerprint density at radius 3 is 2.60 bits per heavy atom. The van der Waals surface area contributed by atoms with Crippen LogP contribution in [0.1, 0.15) is 20.2 Å². The Morgan fingerprint density at radius 1 is 1.27 bits per heavy atom. The Kier molecular flexibility index (Phi) is 2.12. The Hall–Kier alpha value is -1.95. The second-order valence-corrected chi connectivity index (χ2v) is 3.85. The van der Waals surface area contributed by atoms with E-state index in [2.05, 4.69) is 4.98 Å². The fourth-order valence-electron chi connectivity index (χ4n) is 1.22. The summed E-state index contributed by atoms with van der Waals surface area (Å²) in [6.07, 6.45) is 1.35. The third-order valence-corrected chi connectivity index (χ3v) is 2.99. The third kappa shape index (κ3) is 1.55. The number of aromatic nitrogens is 1. The van der Waals surface area contributed by atoms with Crippen LogP contribution in [0.3, 0.4) is 0 Å². The molecule has 2 rings (SSSR count). The van der Waals surface area contributed by atoms with Gasteiger partial charge < -0.3 is 10.2 Å². The molecule has 0 spiro atoms. The van der Waals surface area contributed by atoms with Crippen LogP contribution < -0.4 is 0 Å². The number of carboxylic acid groups (broad SMARTS) is 2. The second-order valence-electron chi connectivity index (χ2n) is 2.80. The summed E-state index contributed by atoms with van der Waals surface area (Å²) in [4.78, 5) is 25.3. The highest BCUT2D eigenvalue weighted by Gasteiger charge is 2.15. The molecule has 0 aliphatic rings. The van der Waals surface area contributed by atoms with Gasteiger partial charge in [-0.25, -0.2) is 14.6 Å². The summed E-state index contributed by atoms with van der Waals surface area (Å²) in [5.41, 5.74) is -0.106. The first-order valence-electron chi connectivity index (χ1n) is 3.94. The molecule has 2 N–H and O–H groups in total. The minimum Gasteiger partial charge on any atom is -0.477 e. The number of thiophene rings is 1. The van der Waals surface area contributed by atoms with Gasteiger partial charge in [-0.15, -0.1) is 11.3 Å². The van der Waals surface area contributed by atoms with E-state index >= 15 is 0 Å². The summed E-state index contributed by atoms with van der Waals surface area (Å²) in [5, 5.41) is 18.2. The molecule has 0 aliphatic heterocycles. The van der Waals surface area contributed by atoms with Crippen molar-refractivity contribution in [2.75, 3.05) is 0 Å². The summed E-state index contributed by atoms with van der Waals surface area (Å²) in [6, 6.07) is 3.03. The van der Waals surface area contributed by atoms with Crippen LogP contribution in [-0.4, -0.2) is 27.1 Å². The predicted octanol–water partition coefficient (Wildman–Crippen LogP) is 1.69. The predicted molar refractivity (Wildman–Crippen MR) is 53.5 cm³/mol. The maximum atomic E-state index is 10.8.